The molecule has 0 aliphatic heterocycles. The molecule has 1 aliphatic rings. The second-order valence-corrected chi connectivity index (χ2v) is 5.33. The lowest BCUT2D eigenvalue weighted by atomic mass is 9.85. The highest BCUT2D eigenvalue weighted by Crippen LogP contribution is 2.31. The number of ether oxygens (including phenoxy) is 1. The van der Waals surface area contributed by atoms with Crippen LogP contribution < -0.4 is 0 Å². The third kappa shape index (κ3) is 3.80. The number of carboxylic acid groups (broad SMARTS) is 1. The van der Waals surface area contributed by atoms with E-state index < -0.39 is 12.1 Å². The monoisotopic (exact) mass is 262 g/mol. The van der Waals surface area contributed by atoms with Gasteiger partial charge in [-0.05, 0) is 24.3 Å². The maximum absolute atomic E-state index is 11.4. The van der Waals surface area contributed by atoms with Crippen molar-refractivity contribution in [3.63, 3.8) is 0 Å². The Kier molecular flexibility index (Phi) is 4.97. The molecule has 0 saturated heterocycles. The normalized spacial score (nSPS) is 24.9. The molecule has 0 amide bonds. The summed E-state index contributed by atoms with van der Waals surface area (Å²) in [5.74, 6) is -0.214. The van der Waals surface area contributed by atoms with Gasteiger partial charge in [-0.1, -0.05) is 56.5 Å². The molecule has 3 unspecified atom stereocenters. The van der Waals surface area contributed by atoms with E-state index in [1.54, 1.807) is 0 Å². The Balaban J connectivity index is 2.03. The minimum absolute atomic E-state index is 0.0833. The summed E-state index contributed by atoms with van der Waals surface area (Å²) in [7, 11) is 0. The van der Waals surface area contributed by atoms with Crippen LogP contribution in [0.25, 0.3) is 0 Å². The lowest BCUT2D eigenvalue weighted by Gasteiger charge is -2.30. The molecule has 1 aromatic rings. The van der Waals surface area contributed by atoms with Crippen LogP contribution in [-0.4, -0.2) is 17.2 Å². The summed E-state index contributed by atoms with van der Waals surface area (Å²) in [5, 5.41) is 9.36. The summed E-state index contributed by atoms with van der Waals surface area (Å²) in [6, 6.07) is 9.22. The van der Waals surface area contributed by atoms with Crippen LogP contribution in [0, 0.1) is 5.92 Å². The van der Waals surface area contributed by atoms with Gasteiger partial charge in [-0.2, -0.15) is 0 Å². The van der Waals surface area contributed by atoms with Crippen molar-refractivity contribution in [3.8, 4) is 0 Å². The Morgan fingerprint density at radius 3 is 2.74 bits per heavy atom. The molecule has 1 aliphatic carbocycles. The molecule has 0 heterocycles. The number of benzene rings is 1. The highest BCUT2D eigenvalue weighted by molar-refractivity contribution is 5.74. The zero-order chi connectivity index (χ0) is 13.7. The number of hydrogen-bond acceptors (Lipinski definition) is 2. The first kappa shape index (κ1) is 14.1. The lowest BCUT2D eigenvalue weighted by molar-refractivity contribution is -0.157. The van der Waals surface area contributed by atoms with Gasteiger partial charge in [0.25, 0.3) is 0 Å². The van der Waals surface area contributed by atoms with Crippen molar-refractivity contribution in [3.05, 3.63) is 35.9 Å². The van der Waals surface area contributed by atoms with Gasteiger partial charge >= 0.3 is 5.97 Å². The predicted octanol–water partition coefficient (Wildman–Crippen LogP) is 3.80. The van der Waals surface area contributed by atoms with E-state index in [2.05, 4.69) is 6.92 Å². The van der Waals surface area contributed by atoms with E-state index in [9.17, 15) is 9.90 Å². The number of carbonyl (C=O) groups is 1. The first-order valence-electron chi connectivity index (χ1n) is 7.14. The molecular formula is C16H22O3. The van der Waals surface area contributed by atoms with Crippen LogP contribution in [0.15, 0.2) is 30.3 Å². The number of rotatable bonds is 5. The molecule has 0 radical (unpaired) electrons. The van der Waals surface area contributed by atoms with Gasteiger partial charge in [0.05, 0.1) is 6.10 Å². The quantitative estimate of drug-likeness (QED) is 0.878. The van der Waals surface area contributed by atoms with E-state index in [-0.39, 0.29) is 6.10 Å². The van der Waals surface area contributed by atoms with E-state index in [1.807, 2.05) is 30.3 Å². The predicted molar refractivity (Wildman–Crippen MR) is 73.9 cm³/mol. The molecule has 1 saturated carbocycles. The van der Waals surface area contributed by atoms with E-state index in [0.717, 1.165) is 31.2 Å². The van der Waals surface area contributed by atoms with Crippen molar-refractivity contribution in [2.24, 2.45) is 5.92 Å². The second kappa shape index (κ2) is 6.71. The van der Waals surface area contributed by atoms with Crippen LogP contribution in [0.1, 0.15) is 50.7 Å². The fourth-order valence-electron chi connectivity index (χ4n) is 2.84. The summed E-state index contributed by atoms with van der Waals surface area (Å²) >= 11 is 0. The SMILES string of the molecule is CCC1CCCC(OC(C(=O)O)c2ccccc2)C1. The van der Waals surface area contributed by atoms with Crippen molar-refractivity contribution in [1.29, 1.82) is 0 Å². The van der Waals surface area contributed by atoms with Crippen molar-refractivity contribution in [1.82, 2.24) is 0 Å². The molecule has 3 heteroatoms. The molecule has 19 heavy (non-hydrogen) atoms. The standard InChI is InChI=1S/C16H22O3/c1-2-12-7-6-10-14(11-12)19-15(16(17)18)13-8-4-3-5-9-13/h3-5,8-9,12,14-15H,2,6-7,10-11H2,1H3,(H,17,18). The van der Waals surface area contributed by atoms with Gasteiger partial charge < -0.3 is 9.84 Å². The smallest absolute Gasteiger partial charge is 0.337 e. The van der Waals surface area contributed by atoms with E-state index in [0.29, 0.717) is 5.92 Å². The summed E-state index contributed by atoms with van der Waals surface area (Å²) in [4.78, 5) is 11.4. The molecule has 1 N–H and O–H groups in total. The van der Waals surface area contributed by atoms with Gasteiger partial charge in [-0.3, -0.25) is 0 Å². The van der Waals surface area contributed by atoms with Crippen molar-refractivity contribution >= 4 is 5.97 Å². The van der Waals surface area contributed by atoms with E-state index in [1.165, 1.54) is 6.42 Å². The van der Waals surface area contributed by atoms with E-state index in [4.69, 9.17) is 4.74 Å². The van der Waals surface area contributed by atoms with Gasteiger partial charge in [0, 0.05) is 0 Å². The molecule has 0 spiro atoms. The molecule has 2 rings (SSSR count). The second-order valence-electron chi connectivity index (χ2n) is 5.33. The van der Waals surface area contributed by atoms with Crippen LogP contribution in [0.5, 0.6) is 0 Å². The summed E-state index contributed by atoms with van der Waals surface area (Å²) < 4.78 is 5.87. The van der Waals surface area contributed by atoms with Gasteiger partial charge in [0.1, 0.15) is 0 Å². The highest BCUT2D eigenvalue weighted by atomic mass is 16.5. The zero-order valence-corrected chi connectivity index (χ0v) is 11.4. The molecule has 1 fully saturated rings. The molecular weight excluding hydrogens is 240 g/mol. The first-order chi connectivity index (χ1) is 9.20. The largest absolute Gasteiger partial charge is 0.479 e. The maximum atomic E-state index is 11.4. The van der Waals surface area contributed by atoms with Crippen LogP contribution in [0.3, 0.4) is 0 Å². The van der Waals surface area contributed by atoms with Gasteiger partial charge in [0.2, 0.25) is 0 Å². The van der Waals surface area contributed by atoms with Gasteiger partial charge in [0.15, 0.2) is 6.10 Å². The fourth-order valence-corrected chi connectivity index (χ4v) is 2.84. The van der Waals surface area contributed by atoms with Crippen LogP contribution in [0.2, 0.25) is 0 Å². The Morgan fingerprint density at radius 1 is 1.37 bits per heavy atom. The van der Waals surface area contributed by atoms with Crippen molar-refractivity contribution < 1.29 is 14.6 Å². The lowest BCUT2D eigenvalue weighted by Crippen LogP contribution is -2.27. The van der Waals surface area contributed by atoms with Crippen LogP contribution in [-0.2, 0) is 9.53 Å². The Hall–Kier alpha value is -1.35. The molecule has 0 aromatic heterocycles. The number of carboxylic acids is 1. The van der Waals surface area contributed by atoms with Crippen LogP contribution >= 0.6 is 0 Å². The van der Waals surface area contributed by atoms with Crippen molar-refractivity contribution in [2.75, 3.05) is 0 Å². The van der Waals surface area contributed by atoms with Crippen molar-refractivity contribution in [2.45, 2.75) is 51.2 Å². The Bertz CT molecular complexity index is 402. The molecule has 3 atom stereocenters. The minimum atomic E-state index is -0.898. The third-order valence-corrected chi connectivity index (χ3v) is 3.97. The summed E-state index contributed by atoms with van der Waals surface area (Å²) in [5.41, 5.74) is 0.730. The number of aliphatic carboxylic acids is 1. The van der Waals surface area contributed by atoms with Gasteiger partial charge in [-0.15, -0.1) is 0 Å². The summed E-state index contributed by atoms with van der Waals surface area (Å²) in [6.07, 6.45) is 4.77. The molecule has 1 aromatic carbocycles. The van der Waals surface area contributed by atoms with Crippen LogP contribution in [0.4, 0.5) is 0 Å². The highest BCUT2D eigenvalue weighted by Gasteiger charge is 2.28. The molecule has 104 valence electrons. The molecule has 3 nitrogen and oxygen atoms in total. The third-order valence-electron chi connectivity index (χ3n) is 3.97. The molecule has 0 bridgehead atoms. The zero-order valence-electron chi connectivity index (χ0n) is 11.4. The average Bonchev–Trinajstić information content (AvgIpc) is 2.45. The minimum Gasteiger partial charge on any atom is -0.479 e. The van der Waals surface area contributed by atoms with Gasteiger partial charge in [-0.25, -0.2) is 4.79 Å². The summed E-state index contributed by atoms with van der Waals surface area (Å²) in [6.45, 7) is 2.19. The fraction of sp³-hybridized carbons (Fsp3) is 0.562. The Morgan fingerprint density at radius 2 is 2.11 bits per heavy atom. The topological polar surface area (TPSA) is 46.5 Å². The number of hydrogen-bond donors (Lipinski definition) is 1. The van der Waals surface area contributed by atoms with E-state index >= 15 is 0 Å². The Labute approximate surface area is 114 Å². The first-order valence-corrected chi connectivity index (χ1v) is 7.14. The average molecular weight is 262 g/mol. The maximum Gasteiger partial charge on any atom is 0.337 e.